The van der Waals surface area contributed by atoms with Crippen molar-refractivity contribution < 1.29 is 5.11 Å². The van der Waals surface area contributed by atoms with Crippen LogP contribution >= 0.6 is 0 Å². The molecule has 2 heterocycles. The first-order valence-corrected chi connectivity index (χ1v) is 4.22. The fourth-order valence-electron chi connectivity index (χ4n) is 1.37. The highest BCUT2D eigenvalue weighted by Gasteiger charge is 2.11. The van der Waals surface area contributed by atoms with Gasteiger partial charge in [0.1, 0.15) is 11.6 Å². The molecule has 5 nitrogen and oxygen atoms in total. The minimum Gasteiger partial charge on any atom is -0.494 e. The number of nitrogens with zero attached hydrogens (tertiary/aromatic N) is 1. The topological polar surface area (TPSA) is 92.7 Å². The molecule has 0 fully saturated rings. The van der Waals surface area contributed by atoms with Gasteiger partial charge in [0.15, 0.2) is 0 Å². The summed E-state index contributed by atoms with van der Waals surface area (Å²) >= 11 is 0. The zero-order chi connectivity index (χ0) is 10.8. The van der Waals surface area contributed by atoms with Crippen molar-refractivity contribution in [1.29, 1.82) is 5.26 Å². The molecule has 0 bridgehead atoms. The summed E-state index contributed by atoms with van der Waals surface area (Å²) in [5.74, 6) is -0.408. The van der Waals surface area contributed by atoms with Crippen LogP contribution < -0.4 is 5.56 Å². The van der Waals surface area contributed by atoms with E-state index in [9.17, 15) is 9.90 Å². The van der Waals surface area contributed by atoms with Crippen molar-refractivity contribution >= 4 is 0 Å². The van der Waals surface area contributed by atoms with E-state index < -0.39 is 11.4 Å². The third-order valence-corrected chi connectivity index (χ3v) is 2.02. The van der Waals surface area contributed by atoms with Gasteiger partial charge < -0.3 is 10.1 Å². The Balaban J connectivity index is 2.77. The van der Waals surface area contributed by atoms with Crippen LogP contribution in [0.3, 0.4) is 0 Å². The lowest BCUT2D eigenvalue weighted by Crippen LogP contribution is -2.06. The maximum absolute atomic E-state index is 11.1. The van der Waals surface area contributed by atoms with E-state index in [0.717, 1.165) is 0 Å². The van der Waals surface area contributed by atoms with Crippen LogP contribution in [0.2, 0.25) is 0 Å². The van der Waals surface area contributed by atoms with Crippen LogP contribution in [0.25, 0.3) is 11.3 Å². The molecule has 15 heavy (non-hydrogen) atoms. The molecule has 2 aromatic heterocycles. The number of aromatic amines is 2. The van der Waals surface area contributed by atoms with Gasteiger partial charge >= 0.3 is 0 Å². The quantitative estimate of drug-likeness (QED) is 0.641. The molecular weight excluding hydrogens is 194 g/mol. The molecule has 0 aliphatic carbocycles. The maximum atomic E-state index is 11.1. The van der Waals surface area contributed by atoms with E-state index >= 15 is 0 Å². The van der Waals surface area contributed by atoms with E-state index in [4.69, 9.17) is 5.26 Å². The van der Waals surface area contributed by atoms with Gasteiger partial charge in [-0.15, -0.1) is 0 Å². The molecule has 0 aliphatic heterocycles. The van der Waals surface area contributed by atoms with E-state index in [1.165, 1.54) is 6.07 Å². The van der Waals surface area contributed by atoms with Crippen molar-refractivity contribution in [2.45, 2.75) is 0 Å². The molecule has 0 saturated heterocycles. The van der Waals surface area contributed by atoms with Crippen molar-refractivity contribution in [3.05, 3.63) is 40.3 Å². The molecule has 3 N–H and O–H groups in total. The monoisotopic (exact) mass is 201 g/mol. The molecule has 5 heteroatoms. The Morgan fingerprint density at radius 3 is 2.87 bits per heavy atom. The zero-order valence-electron chi connectivity index (χ0n) is 7.61. The van der Waals surface area contributed by atoms with Gasteiger partial charge in [-0.05, 0) is 12.1 Å². The van der Waals surface area contributed by atoms with E-state index in [2.05, 4.69) is 9.97 Å². The Morgan fingerprint density at radius 1 is 1.47 bits per heavy atom. The number of hydrogen-bond donors (Lipinski definition) is 3. The molecular formula is C10H7N3O2. The standard InChI is InChI=1S/C10H7N3O2/c11-5-7-6(8-2-1-3-12-8)4-9(14)13-10(7)15/h1-4,12H,(H2,13,14,15). The number of aromatic nitrogens is 2. The van der Waals surface area contributed by atoms with Gasteiger partial charge in [-0.1, -0.05) is 0 Å². The number of pyridine rings is 1. The Morgan fingerprint density at radius 2 is 2.27 bits per heavy atom. The van der Waals surface area contributed by atoms with Crippen LogP contribution in [0.5, 0.6) is 5.88 Å². The first-order valence-electron chi connectivity index (χ1n) is 4.22. The fourth-order valence-corrected chi connectivity index (χ4v) is 1.37. The molecule has 0 saturated carbocycles. The van der Waals surface area contributed by atoms with Crippen LogP contribution in [0.1, 0.15) is 5.56 Å². The number of H-pyrrole nitrogens is 2. The van der Waals surface area contributed by atoms with Gasteiger partial charge in [-0.25, -0.2) is 0 Å². The number of nitrogens with one attached hydrogen (secondary N) is 2. The third kappa shape index (κ3) is 1.48. The lowest BCUT2D eigenvalue weighted by molar-refractivity contribution is 0.450. The number of rotatable bonds is 1. The van der Waals surface area contributed by atoms with Gasteiger partial charge in [-0.2, -0.15) is 5.26 Å². The van der Waals surface area contributed by atoms with Crippen molar-refractivity contribution in [2.75, 3.05) is 0 Å². The molecule has 0 aliphatic rings. The van der Waals surface area contributed by atoms with Crippen LogP contribution in [0.15, 0.2) is 29.2 Å². The Kier molecular flexibility index (Phi) is 2.03. The highest BCUT2D eigenvalue weighted by atomic mass is 16.3. The Bertz CT molecular complexity index is 576. The molecule has 0 unspecified atom stereocenters. The van der Waals surface area contributed by atoms with Crippen molar-refractivity contribution in [3.63, 3.8) is 0 Å². The first kappa shape index (κ1) is 9.09. The van der Waals surface area contributed by atoms with Crippen LogP contribution in [-0.4, -0.2) is 15.1 Å². The van der Waals surface area contributed by atoms with Crippen molar-refractivity contribution in [2.24, 2.45) is 0 Å². The average Bonchev–Trinajstić information content (AvgIpc) is 2.69. The summed E-state index contributed by atoms with van der Waals surface area (Å²) in [6.45, 7) is 0. The highest BCUT2D eigenvalue weighted by Crippen LogP contribution is 2.24. The summed E-state index contributed by atoms with van der Waals surface area (Å²) in [6.07, 6.45) is 1.68. The van der Waals surface area contributed by atoms with Crippen molar-refractivity contribution in [3.8, 4) is 23.2 Å². The van der Waals surface area contributed by atoms with E-state index in [-0.39, 0.29) is 5.56 Å². The zero-order valence-corrected chi connectivity index (χ0v) is 7.61. The number of hydrogen-bond acceptors (Lipinski definition) is 3. The summed E-state index contributed by atoms with van der Waals surface area (Å²) in [4.78, 5) is 16.2. The third-order valence-electron chi connectivity index (χ3n) is 2.02. The Labute approximate surface area is 84.6 Å². The largest absolute Gasteiger partial charge is 0.494 e. The van der Waals surface area contributed by atoms with Crippen LogP contribution in [0, 0.1) is 11.3 Å². The lowest BCUT2D eigenvalue weighted by atomic mass is 10.1. The van der Waals surface area contributed by atoms with Crippen molar-refractivity contribution in [1.82, 2.24) is 9.97 Å². The van der Waals surface area contributed by atoms with Gasteiger partial charge in [-0.3, -0.25) is 9.78 Å². The number of nitriles is 1. The van der Waals surface area contributed by atoms with Gasteiger partial charge in [0, 0.05) is 23.5 Å². The molecule has 0 spiro atoms. The van der Waals surface area contributed by atoms with E-state index in [1.54, 1.807) is 18.3 Å². The predicted molar refractivity (Wildman–Crippen MR) is 53.2 cm³/mol. The van der Waals surface area contributed by atoms with Gasteiger partial charge in [0.25, 0.3) is 5.56 Å². The molecule has 2 aromatic rings. The summed E-state index contributed by atoms with van der Waals surface area (Å²) in [7, 11) is 0. The second-order valence-electron chi connectivity index (χ2n) is 2.97. The summed E-state index contributed by atoms with van der Waals surface area (Å²) in [6, 6.07) is 6.57. The lowest BCUT2D eigenvalue weighted by Gasteiger charge is -2.02. The SMILES string of the molecule is N#Cc1c(-c2ccc[nH]2)cc(=O)[nH]c1O. The first-order chi connectivity index (χ1) is 7.22. The minimum atomic E-state index is -0.448. The summed E-state index contributed by atoms with van der Waals surface area (Å²) in [5, 5.41) is 18.2. The normalized spacial score (nSPS) is 9.80. The summed E-state index contributed by atoms with van der Waals surface area (Å²) < 4.78 is 0. The van der Waals surface area contributed by atoms with Crippen LogP contribution in [-0.2, 0) is 0 Å². The van der Waals surface area contributed by atoms with E-state index in [1.807, 2.05) is 6.07 Å². The molecule has 0 atom stereocenters. The van der Waals surface area contributed by atoms with Crippen LogP contribution in [0.4, 0.5) is 0 Å². The van der Waals surface area contributed by atoms with E-state index in [0.29, 0.717) is 11.3 Å². The summed E-state index contributed by atoms with van der Waals surface area (Å²) in [5.41, 5.74) is 0.616. The van der Waals surface area contributed by atoms with Gasteiger partial charge in [0.05, 0.1) is 0 Å². The maximum Gasteiger partial charge on any atom is 0.251 e. The molecule has 0 amide bonds. The molecule has 2 rings (SSSR count). The van der Waals surface area contributed by atoms with Gasteiger partial charge in [0.2, 0.25) is 5.88 Å². The molecule has 0 radical (unpaired) electrons. The molecule has 74 valence electrons. The second kappa shape index (κ2) is 3.35. The molecule has 0 aromatic carbocycles. The number of aromatic hydroxyl groups is 1. The predicted octanol–water partition coefficient (Wildman–Crippen LogP) is 0.947. The average molecular weight is 201 g/mol. The smallest absolute Gasteiger partial charge is 0.251 e. The fraction of sp³-hybridized carbons (Fsp3) is 0. The minimum absolute atomic E-state index is 0.0528. The second-order valence-corrected chi connectivity index (χ2v) is 2.97. The highest BCUT2D eigenvalue weighted by molar-refractivity contribution is 5.69. The Hall–Kier alpha value is -2.48.